The number of nitrogens with zero attached hydrogens (tertiary/aromatic N) is 2. The van der Waals surface area contributed by atoms with Crippen molar-refractivity contribution in [1.29, 1.82) is 5.41 Å². The van der Waals surface area contributed by atoms with E-state index in [9.17, 15) is 4.79 Å². The first-order valence-electron chi connectivity index (χ1n) is 11.3. The zero-order valence-corrected chi connectivity index (χ0v) is 21.1. The molecule has 35 heavy (non-hydrogen) atoms. The normalized spacial score (nSPS) is 15.8. The van der Waals surface area contributed by atoms with Crippen molar-refractivity contribution in [2.24, 2.45) is 10.7 Å². The van der Waals surface area contributed by atoms with E-state index in [1.807, 2.05) is 13.0 Å². The van der Waals surface area contributed by atoms with E-state index in [2.05, 4.69) is 33.9 Å². The van der Waals surface area contributed by atoms with Crippen molar-refractivity contribution in [3.63, 3.8) is 0 Å². The minimum Gasteiger partial charge on any atom is -0.495 e. The summed E-state index contributed by atoms with van der Waals surface area (Å²) in [5.74, 6) is 6.29. The molecule has 0 radical (unpaired) electrons. The first kappa shape index (κ1) is 24.5. The lowest BCUT2D eigenvalue weighted by Gasteiger charge is -2.14. The molecule has 9 heteroatoms. The molecule has 1 saturated heterocycles. The van der Waals surface area contributed by atoms with E-state index in [4.69, 9.17) is 20.6 Å². The largest absolute Gasteiger partial charge is 0.495 e. The van der Waals surface area contributed by atoms with Gasteiger partial charge in [-0.15, -0.1) is 11.3 Å². The number of benzene rings is 1. The molecule has 1 amide bonds. The Morgan fingerprint density at radius 3 is 2.89 bits per heavy atom. The number of ether oxygens (including phenoxy) is 2. The summed E-state index contributed by atoms with van der Waals surface area (Å²) in [5, 5.41) is 8.52. The number of nitrogens with one attached hydrogen (secondary N) is 2. The number of amides is 1. The first-order chi connectivity index (χ1) is 16.9. The SMILES string of the molecule is CC#CC(=O)N1CCC(c2[nH]c(C(N)=NC=N)c(-c3cc4cc(C)cc(OC)c4s3)c2COC)C1. The first-order valence-corrected chi connectivity index (χ1v) is 12.1. The number of carbonyl (C=O) groups is 1. The molecular weight excluding hydrogens is 462 g/mol. The number of aromatic nitrogens is 1. The number of thiophene rings is 1. The van der Waals surface area contributed by atoms with E-state index in [1.165, 1.54) is 0 Å². The van der Waals surface area contributed by atoms with E-state index in [0.717, 1.165) is 55.9 Å². The van der Waals surface area contributed by atoms with Gasteiger partial charge in [-0.3, -0.25) is 10.2 Å². The Hall–Kier alpha value is -3.61. The number of hydrogen-bond acceptors (Lipinski definition) is 5. The van der Waals surface area contributed by atoms with Crippen LogP contribution in [-0.2, 0) is 16.1 Å². The lowest BCUT2D eigenvalue weighted by molar-refractivity contribution is -0.124. The second-order valence-corrected chi connectivity index (χ2v) is 9.50. The van der Waals surface area contributed by atoms with Crippen LogP contribution in [0.15, 0.2) is 23.2 Å². The van der Waals surface area contributed by atoms with Crippen molar-refractivity contribution in [3.05, 3.63) is 40.7 Å². The van der Waals surface area contributed by atoms with E-state index in [-0.39, 0.29) is 17.7 Å². The van der Waals surface area contributed by atoms with Crippen molar-refractivity contribution in [2.75, 3.05) is 27.3 Å². The van der Waals surface area contributed by atoms with Gasteiger partial charge in [0.05, 0.1) is 24.1 Å². The number of likely N-dealkylation sites (tertiary alicyclic amines) is 1. The minimum absolute atomic E-state index is 0.0780. The lowest BCUT2D eigenvalue weighted by atomic mass is 9.98. The molecular formula is C26H29N5O3S. The topological polar surface area (TPSA) is 117 Å². The summed E-state index contributed by atoms with van der Waals surface area (Å²) in [7, 11) is 3.34. The maximum Gasteiger partial charge on any atom is 0.298 e. The summed E-state index contributed by atoms with van der Waals surface area (Å²) < 4.78 is 12.3. The highest BCUT2D eigenvalue weighted by molar-refractivity contribution is 7.22. The monoisotopic (exact) mass is 491 g/mol. The smallest absolute Gasteiger partial charge is 0.298 e. The van der Waals surface area contributed by atoms with Crippen LogP contribution in [0.5, 0.6) is 5.75 Å². The van der Waals surface area contributed by atoms with Gasteiger partial charge in [-0.05, 0) is 49.3 Å². The highest BCUT2D eigenvalue weighted by atomic mass is 32.1. The molecule has 3 heterocycles. The van der Waals surface area contributed by atoms with Crippen molar-refractivity contribution in [1.82, 2.24) is 9.88 Å². The molecule has 0 bridgehead atoms. The van der Waals surface area contributed by atoms with Crippen molar-refractivity contribution < 1.29 is 14.3 Å². The van der Waals surface area contributed by atoms with Crippen LogP contribution in [-0.4, -0.2) is 55.3 Å². The van der Waals surface area contributed by atoms with Gasteiger partial charge in [0.15, 0.2) is 0 Å². The molecule has 1 aliphatic heterocycles. The molecule has 1 aromatic carbocycles. The number of hydrogen-bond donors (Lipinski definition) is 3. The van der Waals surface area contributed by atoms with E-state index in [1.54, 1.807) is 37.4 Å². The van der Waals surface area contributed by atoms with Crippen LogP contribution in [0.1, 0.15) is 41.8 Å². The Kier molecular flexibility index (Phi) is 7.24. The van der Waals surface area contributed by atoms with E-state index in [0.29, 0.717) is 25.4 Å². The average molecular weight is 492 g/mol. The third-order valence-corrected chi connectivity index (χ3v) is 7.38. The number of fused-ring (bicyclic) bond motifs is 1. The third-order valence-electron chi connectivity index (χ3n) is 6.19. The second kappa shape index (κ2) is 10.3. The standard InChI is InChI=1S/C26H29N5O3S/c1-5-6-21(32)31-8-7-16(12-31)23-18(13-33-3)22(24(30-23)26(28)29-14-27)20-11-17-9-15(2)10-19(34-4)25(17)35-20/h9-11,14,16,30H,7-8,12-13H2,1-4H3,(H3,27,28,29). The van der Waals surface area contributed by atoms with Crippen LogP contribution in [0.2, 0.25) is 0 Å². The number of amidine groups is 1. The van der Waals surface area contributed by atoms with Gasteiger partial charge in [0, 0.05) is 47.8 Å². The average Bonchev–Trinajstić information content (AvgIpc) is 3.55. The van der Waals surface area contributed by atoms with Crippen LogP contribution in [0.3, 0.4) is 0 Å². The maximum atomic E-state index is 12.4. The Labute approximate surface area is 208 Å². The summed E-state index contributed by atoms with van der Waals surface area (Å²) in [6.45, 7) is 5.27. The fourth-order valence-electron chi connectivity index (χ4n) is 4.70. The van der Waals surface area contributed by atoms with Crippen LogP contribution in [0, 0.1) is 24.2 Å². The fourth-order valence-corrected chi connectivity index (χ4v) is 5.92. The highest BCUT2D eigenvalue weighted by Crippen LogP contribution is 2.44. The predicted octanol–water partition coefficient (Wildman–Crippen LogP) is 4.01. The van der Waals surface area contributed by atoms with Gasteiger partial charge in [0.2, 0.25) is 0 Å². The molecule has 2 aromatic heterocycles. The number of H-pyrrole nitrogens is 1. The Morgan fingerprint density at radius 1 is 1.40 bits per heavy atom. The Balaban J connectivity index is 1.89. The zero-order valence-electron chi connectivity index (χ0n) is 20.3. The molecule has 0 aliphatic carbocycles. The Bertz CT molecular complexity index is 1380. The molecule has 1 atom stereocenters. The predicted molar refractivity (Wildman–Crippen MR) is 141 cm³/mol. The number of aliphatic imine (C=N–C) groups is 1. The number of aromatic amines is 1. The van der Waals surface area contributed by atoms with Crippen LogP contribution < -0.4 is 10.5 Å². The van der Waals surface area contributed by atoms with Crippen molar-refractivity contribution >= 4 is 39.5 Å². The second-order valence-electron chi connectivity index (χ2n) is 8.45. The van der Waals surface area contributed by atoms with Crippen LogP contribution in [0.25, 0.3) is 20.5 Å². The van der Waals surface area contributed by atoms with Crippen molar-refractivity contribution in [2.45, 2.75) is 32.8 Å². The molecule has 4 rings (SSSR count). The van der Waals surface area contributed by atoms with Gasteiger partial charge in [-0.25, -0.2) is 4.99 Å². The maximum absolute atomic E-state index is 12.4. The highest BCUT2D eigenvalue weighted by Gasteiger charge is 2.32. The fraction of sp³-hybridized carbons (Fsp3) is 0.346. The van der Waals surface area contributed by atoms with Gasteiger partial charge in [0.1, 0.15) is 17.9 Å². The number of rotatable bonds is 7. The summed E-state index contributed by atoms with van der Waals surface area (Å²) in [4.78, 5) is 22.7. The minimum atomic E-state index is -0.160. The number of carbonyl (C=O) groups excluding carboxylic acids is 1. The molecule has 3 aromatic rings. The molecule has 4 N–H and O–H groups in total. The summed E-state index contributed by atoms with van der Waals surface area (Å²) in [5.41, 5.74) is 11.0. The molecule has 0 spiro atoms. The van der Waals surface area contributed by atoms with Crippen molar-refractivity contribution in [3.8, 4) is 28.0 Å². The van der Waals surface area contributed by atoms with Gasteiger partial charge in [-0.1, -0.05) is 12.0 Å². The molecule has 0 saturated carbocycles. The lowest BCUT2D eigenvalue weighted by Crippen LogP contribution is -2.27. The molecule has 8 nitrogen and oxygen atoms in total. The van der Waals surface area contributed by atoms with Gasteiger partial charge < -0.3 is 25.1 Å². The van der Waals surface area contributed by atoms with Gasteiger partial charge >= 0.3 is 0 Å². The number of methoxy groups -OCH3 is 2. The zero-order chi connectivity index (χ0) is 25.1. The third kappa shape index (κ3) is 4.67. The van der Waals surface area contributed by atoms with Gasteiger partial charge in [0.25, 0.3) is 5.91 Å². The molecule has 182 valence electrons. The van der Waals surface area contributed by atoms with Crippen LogP contribution in [0.4, 0.5) is 0 Å². The number of aryl methyl sites for hydroxylation is 1. The number of nitrogens with two attached hydrogens (primary N) is 1. The van der Waals surface area contributed by atoms with Gasteiger partial charge in [-0.2, -0.15) is 0 Å². The quantitative estimate of drug-likeness (QED) is 0.263. The van der Waals surface area contributed by atoms with E-state index < -0.39 is 0 Å². The molecule has 1 unspecified atom stereocenters. The molecule has 1 fully saturated rings. The van der Waals surface area contributed by atoms with Crippen LogP contribution >= 0.6 is 11.3 Å². The summed E-state index contributed by atoms with van der Waals surface area (Å²) >= 11 is 1.62. The summed E-state index contributed by atoms with van der Waals surface area (Å²) in [6, 6.07) is 6.28. The van der Waals surface area contributed by atoms with E-state index >= 15 is 0 Å². The molecule has 1 aliphatic rings. The summed E-state index contributed by atoms with van der Waals surface area (Å²) in [6.07, 6.45) is 1.74. The Morgan fingerprint density at radius 2 is 2.20 bits per heavy atom.